The summed E-state index contributed by atoms with van der Waals surface area (Å²) in [4.78, 5) is 0. The summed E-state index contributed by atoms with van der Waals surface area (Å²) in [6, 6.07) is 0. The highest BCUT2D eigenvalue weighted by Crippen LogP contribution is 2.32. The normalized spacial score (nSPS) is 40.6. The predicted octanol–water partition coefficient (Wildman–Crippen LogP) is 0.350. The molecule has 1 saturated carbocycles. The number of hydrogen-bond acceptors (Lipinski definition) is 3. The second-order valence-corrected chi connectivity index (χ2v) is 3.65. The van der Waals surface area contributed by atoms with Gasteiger partial charge in [-0.15, -0.1) is 0 Å². The standard InChI is InChI=1S/C9H17FO3/c1-13-9-3-7(5-12)6(4-11)2-8(9)10/h6-9,11-12H,2-5H2,1H3/t6-,7-,8+,9+/m1/s1. The molecule has 2 N–H and O–H groups in total. The number of halogens is 1. The van der Waals surface area contributed by atoms with Crippen LogP contribution < -0.4 is 0 Å². The number of aliphatic hydroxyl groups excluding tert-OH is 2. The molecule has 0 radical (unpaired) electrons. The average Bonchev–Trinajstić information content (AvgIpc) is 2.17. The van der Waals surface area contributed by atoms with Crippen LogP contribution >= 0.6 is 0 Å². The third-order valence-electron chi connectivity index (χ3n) is 2.90. The van der Waals surface area contributed by atoms with Crippen molar-refractivity contribution in [1.29, 1.82) is 0 Å². The maximum absolute atomic E-state index is 13.3. The smallest absolute Gasteiger partial charge is 0.127 e. The van der Waals surface area contributed by atoms with E-state index in [1.165, 1.54) is 7.11 Å². The molecule has 13 heavy (non-hydrogen) atoms. The zero-order valence-corrected chi connectivity index (χ0v) is 7.82. The number of rotatable bonds is 3. The third-order valence-corrected chi connectivity index (χ3v) is 2.90. The predicted molar refractivity (Wildman–Crippen MR) is 46.1 cm³/mol. The van der Waals surface area contributed by atoms with Crippen molar-refractivity contribution in [3.63, 3.8) is 0 Å². The first kappa shape index (κ1) is 10.9. The maximum atomic E-state index is 13.3. The fraction of sp³-hybridized carbons (Fsp3) is 1.00. The van der Waals surface area contributed by atoms with Crippen molar-refractivity contribution in [2.24, 2.45) is 11.8 Å². The molecule has 0 spiro atoms. The van der Waals surface area contributed by atoms with E-state index in [0.29, 0.717) is 12.8 Å². The molecular formula is C9H17FO3. The van der Waals surface area contributed by atoms with Crippen LogP contribution in [0.2, 0.25) is 0 Å². The summed E-state index contributed by atoms with van der Waals surface area (Å²) in [5, 5.41) is 18.0. The van der Waals surface area contributed by atoms with Gasteiger partial charge >= 0.3 is 0 Å². The summed E-state index contributed by atoms with van der Waals surface area (Å²) >= 11 is 0. The van der Waals surface area contributed by atoms with Gasteiger partial charge in [0.25, 0.3) is 0 Å². The maximum Gasteiger partial charge on any atom is 0.127 e. The number of methoxy groups -OCH3 is 1. The van der Waals surface area contributed by atoms with Crippen LogP contribution in [0.5, 0.6) is 0 Å². The Hall–Kier alpha value is -0.190. The number of ether oxygens (including phenoxy) is 1. The molecule has 3 nitrogen and oxygen atoms in total. The van der Waals surface area contributed by atoms with Gasteiger partial charge in [0.15, 0.2) is 0 Å². The summed E-state index contributed by atoms with van der Waals surface area (Å²) in [7, 11) is 1.48. The van der Waals surface area contributed by atoms with E-state index in [0.717, 1.165) is 0 Å². The van der Waals surface area contributed by atoms with Crippen molar-refractivity contribution in [2.75, 3.05) is 20.3 Å². The Bertz CT molecular complexity index is 154. The quantitative estimate of drug-likeness (QED) is 0.678. The molecule has 1 rings (SSSR count). The van der Waals surface area contributed by atoms with Gasteiger partial charge in [0, 0.05) is 20.3 Å². The zero-order chi connectivity index (χ0) is 9.84. The molecule has 0 amide bonds. The molecule has 1 fully saturated rings. The van der Waals surface area contributed by atoms with Crippen LogP contribution in [-0.4, -0.2) is 42.8 Å². The summed E-state index contributed by atoms with van der Waals surface area (Å²) in [5.41, 5.74) is 0. The lowest BCUT2D eigenvalue weighted by Crippen LogP contribution is -2.40. The lowest BCUT2D eigenvalue weighted by Gasteiger charge is -2.35. The number of aliphatic hydroxyl groups is 2. The van der Waals surface area contributed by atoms with Crippen LogP contribution in [-0.2, 0) is 4.74 Å². The molecule has 4 atom stereocenters. The minimum atomic E-state index is -1.01. The Kier molecular flexibility index (Phi) is 4.09. The molecule has 0 unspecified atom stereocenters. The summed E-state index contributed by atoms with van der Waals surface area (Å²) in [6.07, 6.45) is -0.635. The van der Waals surface area contributed by atoms with E-state index in [2.05, 4.69) is 0 Å². The fourth-order valence-corrected chi connectivity index (χ4v) is 1.96. The van der Waals surface area contributed by atoms with Crippen LogP contribution in [0, 0.1) is 11.8 Å². The topological polar surface area (TPSA) is 49.7 Å². The van der Waals surface area contributed by atoms with E-state index in [1.807, 2.05) is 0 Å². The van der Waals surface area contributed by atoms with E-state index in [-0.39, 0.29) is 25.0 Å². The molecule has 0 aromatic carbocycles. The molecule has 4 heteroatoms. The minimum absolute atomic E-state index is 0.00218. The third kappa shape index (κ3) is 2.39. The van der Waals surface area contributed by atoms with Gasteiger partial charge in [0.1, 0.15) is 6.17 Å². The van der Waals surface area contributed by atoms with Crippen molar-refractivity contribution in [3.8, 4) is 0 Å². The van der Waals surface area contributed by atoms with E-state index in [1.54, 1.807) is 0 Å². The Morgan fingerprint density at radius 1 is 1.23 bits per heavy atom. The van der Waals surface area contributed by atoms with Crippen LogP contribution in [0.1, 0.15) is 12.8 Å². The highest BCUT2D eigenvalue weighted by Gasteiger charge is 2.36. The van der Waals surface area contributed by atoms with E-state index in [9.17, 15) is 4.39 Å². The summed E-state index contributed by atoms with van der Waals surface area (Å²) in [5.74, 6) is -0.145. The van der Waals surface area contributed by atoms with Crippen LogP contribution in [0.3, 0.4) is 0 Å². The Morgan fingerprint density at radius 3 is 2.23 bits per heavy atom. The van der Waals surface area contributed by atoms with Crippen LogP contribution in [0.15, 0.2) is 0 Å². The molecule has 0 aliphatic heterocycles. The molecule has 0 heterocycles. The monoisotopic (exact) mass is 192 g/mol. The van der Waals surface area contributed by atoms with Gasteiger partial charge in [0.05, 0.1) is 6.10 Å². The van der Waals surface area contributed by atoms with Crippen molar-refractivity contribution in [2.45, 2.75) is 25.1 Å². The van der Waals surface area contributed by atoms with Gasteiger partial charge in [0.2, 0.25) is 0 Å². The largest absolute Gasteiger partial charge is 0.396 e. The van der Waals surface area contributed by atoms with Gasteiger partial charge in [-0.05, 0) is 24.7 Å². The highest BCUT2D eigenvalue weighted by atomic mass is 19.1. The highest BCUT2D eigenvalue weighted by molar-refractivity contribution is 4.86. The van der Waals surface area contributed by atoms with Crippen molar-refractivity contribution in [1.82, 2.24) is 0 Å². The molecule has 0 aromatic heterocycles. The van der Waals surface area contributed by atoms with Gasteiger partial charge in [-0.1, -0.05) is 0 Å². The van der Waals surface area contributed by atoms with Gasteiger partial charge in [-0.2, -0.15) is 0 Å². The number of alkyl halides is 1. The second-order valence-electron chi connectivity index (χ2n) is 3.65. The number of hydrogen-bond donors (Lipinski definition) is 2. The summed E-state index contributed by atoms with van der Waals surface area (Å²) < 4.78 is 18.2. The van der Waals surface area contributed by atoms with Gasteiger partial charge < -0.3 is 14.9 Å². The molecule has 0 aromatic rings. The first-order chi connectivity index (χ1) is 6.22. The molecule has 78 valence electrons. The Morgan fingerprint density at radius 2 is 1.77 bits per heavy atom. The van der Waals surface area contributed by atoms with Crippen LogP contribution in [0.25, 0.3) is 0 Å². The lowest BCUT2D eigenvalue weighted by atomic mass is 9.78. The second kappa shape index (κ2) is 4.88. The molecular weight excluding hydrogens is 175 g/mol. The average molecular weight is 192 g/mol. The van der Waals surface area contributed by atoms with Crippen molar-refractivity contribution < 1.29 is 19.3 Å². The Labute approximate surface area is 77.5 Å². The van der Waals surface area contributed by atoms with Crippen molar-refractivity contribution in [3.05, 3.63) is 0 Å². The molecule has 0 saturated heterocycles. The molecule has 0 bridgehead atoms. The van der Waals surface area contributed by atoms with Crippen LogP contribution in [0.4, 0.5) is 4.39 Å². The van der Waals surface area contributed by atoms with Gasteiger partial charge in [-0.3, -0.25) is 0 Å². The van der Waals surface area contributed by atoms with E-state index < -0.39 is 12.3 Å². The first-order valence-corrected chi connectivity index (χ1v) is 4.61. The Balaban J connectivity index is 2.54. The summed E-state index contributed by atoms with van der Waals surface area (Å²) in [6.45, 7) is -0.0557. The minimum Gasteiger partial charge on any atom is -0.396 e. The molecule has 1 aliphatic rings. The molecule has 1 aliphatic carbocycles. The van der Waals surface area contributed by atoms with E-state index >= 15 is 0 Å². The zero-order valence-electron chi connectivity index (χ0n) is 7.82. The fourth-order valence-electron chi connectivity index (χ4n) is 1.96. The lowest BCUT2D eigenvalue weighted by molar-refractivity contribution is -0.0536. The first-order valence-electron chi connectivity index (χ1n) is 4.61. The SMILES string of the molecule is CO[C@H]1C[C@H](CO)[C@@H](CO)C[C@@H]1F. The van der Waals surface area contributed by atoms with Crippen molar-refractivity contribution >= 4 is 0 Å². The van der Waals surface area contributed by atoms with Gasteiger partial charge in [-0.25, -0.2) is 4.39 Å². The van der Waals surface area contributed by atoms with E-state index in [4.69, 9.17) is 14.9 Å².